The summed E-state index contributed by atoms with van der Waals surface area (Å²) in [5.74, 6) is -0.979. The van der Waals surface area contributed by atoms with Gasteiger partial charge < -0.3 is 14.7 Å². The van der Waals surface area contributed by atoms with Gasteiger partial charge in [-0.2, -0.15) is 0 Å². The molecule has 0 heterocycles. The third kappa shape index (κ3) is 3.12. The first-order valence-corrected chi connectivity index (χ1v) is 5.17. The minimum atomic E-state index is -0.979. The Labute approximate surface area is 99.4 Å². The van der Waals surface area contributed by atoms with E-state index in [1.807, 2.05) is 11.9 Å². The van der Waals surface area contributed by atoms with Gasteiger partial charge in [0.1, 0.15) is 0 Å². The van der Waals surface area contributed by atoms with Crippen molar-refractivity contribution in [3.8, 4) is 0 Å². The fourth-order valence-electron chi connectivity index (χ4n) is 1.30. The highest BCUT2D eigenvalue weighted by atomic mass is 35.5. The number of benzene rings is 1. The van der Waals surface area contributed by atoms with E-state index >= 15 is 0 Å². The third-order valence-electron chi connectivity index (χ3n) is 2.24. The van der Waals surface area contributed by atoms with E-state index in [-0.39, 0.29) is 5.56 Å². The van der Waals surface area contributed by atoms with Gasteiger partial charge in [0, 0.05) is 20.7 Å². The molecule has 0 aliphatic rings. The smallest absolute Gasteiger partial charge is 0.335 e. The first-order valence-electron chi connectivity index (χ1n) is 4.79. The largest absolute Gasteiger partial charge is 0.478 e. The summed E-state index contributed by atoms with van der Waals surface area (Å²) < 4.78 is 4.96. The number of anilines is 1. The van der Waals surface area contributed by atoms with Crippen molar-refractivity contribution in [2.45, 2.75) is 0 Å². The number of hydrogen-bond donors (Lipinski definition) is 1. The second-order valence-corrected chi connectivity index (χ2v) is 3.79. The van der Waals surface area contributed by atoms with E-state index in [1.54, 1.807) is 13.2 Å². The highest BCUT2D eigenvalue weighted by Crippen LogP contribution is 2.25. The predicted octanol–water partition coefficient (Wildman–Crippen LogP) is 2.12. The molecule has 1 aromatic rings. The van der Waals surface area contributed by atoms with Gasteiger partial charge in [0.25, 0.3) is 0 Å². The average molecular weight is 244 g/mol. The Hall–Kier alpha value is -1.26. The summed E-state index contributed by atoms with van der Waals surface area (Å²) in [7, 11) is 3.50. The number of likely N-dealkylation sites (N-methyl/N-ethyl adjacent to an activating group) is 1. The molecule has 0 aliphatic heterocycles. The van der Waals surface area contributed by atoms with E-state index in [2.05, 4.69) is 0 Å². The van der Waals surface area contributed by atoms with Crippen LogP contribution < -0.4 is 4.90 Å². The number of hydrogen-bond acceptors (Lipinski definition) is 3. The Bertz CT molecular complexity index is 381. The van der Waals surface area contributed by atoms with Crippen LogP contribution in [0.2, 0.25) is 5.02 Å². The van der Waals surface area contributed by atoms with E-state index in [4.69, 9.17) is 21.4 Å². The molecule has 0 spiro atoms. The lowest BCUT2D eigenvalue weighted by Gasteiger charge is -2.20. The van der Waals surface area contributed by atoms with E-state index in [0.29, 0.717) is 18.2 Å². The molecule has 1 N–H and O–H groups in total. The van der Waals surface area contributed by atoms with Crippen LogP contribution in [0.5, 0.6) is 0 Å². The Kier molecular flexibility index (Phi) is 4.58. The third-order valence-corrected chi connectivity index (χ3v) is 2.54. The summed E-state index contributed by atoms with van der Waals surface area (Å²) in [6.45, 7) is 1.29. The minimum Gasteiger partial charge on any atom is -0.478 e. The van der Waals surface area contributed by atoms with Crippen molar-refractivity contribution in [1.82, 2.24) is 0 Å². The van der Waals surface area contributed by atoms with E-state index in [0.717, 1.165) is 5.69 Å². The molecular formula is C11H14ClNO3. The maximum absolute atomic E-state index is 10.7. The van der Waals surface area contributed by atoms with Crippen LogP contribution in [-0.2, 0) is 4.74 Å². The monoisotopic (exact) mass is 243 g/mol. The van der Waals surface area contributed by atoms with Crippen molar-refractivity contribution >= 4 is 23.3 Å². The summed E-state index contributed by atoms with van der Waals surface area (Å²) in [5, 5.41) is 9.22. The number of rotatable bonds is 5. The molecule has 5 heteroatoms. The Morgan fingerprint density at radius 2 is 2.25 bits per heavy atom. The molecule has 0 atom stereocenters. The zero-order valence-electron chi connectivity index (χ0n) is 9.24. The lowest BCUT2D eigenvalue weighted by atomic mass is 10.2. The van der Waals surface area contributed by atoms with Gasteiger partial charge in [0.2, 0.25) is 0 Å². The molecule has 0 unspecified atom stereocenters. The average Bonchev–Trinajstić information content (AvgIpc) is 2.25. The molecule has 0 radical (unpaired) electrons. The number of carboxylic acid groups (broad SMARTS) is 1. The van der Waals surface area contributed by atoms with Gasteiger partial charge in [-0.1, -0.05) is 11.6 Å². The fraction of sp³-hybridized carbons (Fsp3) is 0.364. The zero-order chi connectivity index (χ0) is 12.1. The van der Waals surface area contributed by atoms with Gasteiger partial charge in [-0.3, -0.25) is 0 Å². The standard InChI is InChI=1S/C11H14ClNO3/c1-13(5-6-16-2)10-4-3-8(11(14)15)7-9(10)12/h3-4,7H,5-6H2,1-2H3,(H,14,15). The minimum absolute atomic E-state index is 0.189. The fourth-order valence-corrected chi connectivity index (χ4v) is 1.62. The summed E-state index contributed by atoms with van der Waals surface area (Å²) in [6, 6.07) is 4.68. The van der Waals surface area contributed by atoms with Crippen molar-refractivity contribution in [2.75, 3.05) is 32.2 Å². The molecule has 88 valence electrons. The number of methoxy groups -OCH3 is 1. The maximum atomic E-state index is 10.7. The van der Waals surface area contributed by atoms with Gasteiger partial charge in [-0.05, 0) is 18.2 Å². The molecule has 0 saturated heterocycles. The Morgan fingerprint density at radius 1 is 1.56 bits per heavy atom. The molecule has 4 nitrogen and oxygen atoms in total. The van der Waals surface area contributed by atoms with Gasteiger partial charge in [-0.25, -0.2) is 4.79 Å². The molecule has 0 fully saturated rings. The van der Waals surface area contributed by atoms with Crippen molar-refractivity contribution < 1.29 is 14.6 Å². The summed E-state index contributed by atoms with van der Waals surface area (Å²) in [6.07, 6.45) is 0. The van der Waals surface area contributed by atoms with Crippen LogP contribution in [-0.4, -0.2) is 38.4 Å². The number of halogens is 1. The maximum Gasteiger partial charge on any atom is 0.335 e. The first kappa shape index (κ1) is 12.8. The summed E-state index contributed by atoms with van der Waals surface area (Å²) in [5.41, 5.74) is 0.984. The molecule has 0 aromatic heterocycles. The highest BCUT2D eigenvalue weighted by molar-refractivity contribution is 6.33. The van der Waals surface area contributed by atoms with Crippen LogP contribution in [0.4, 0.5) is 5.69 Å². The molecule has 1 aromatic carbocycles. The number of carboxylic acids is 1. The number of aromatic carboxylic acids is 1. The van der Waals surface area contributed by atoms with E-state index < -0.39 is 5.97 Å². The number of carbonyl (C=O) groups is 1. The Balaban J connectivity index is 2.85. The Morgan fingerprint density at radius 3 is 2.75 bits per heavy atom. The molecule has 0 bridgehead atoms. The SMILES string of the molecule is COCCN(C)c1ccc(C(=O)O)cc1Cl. The summed E-state index contributed by atoms with van der Waals surface area (Å²) in [4.78, 5) is 12.6. The topological polar surface area (TPSA) is 49.8 Å². The molecular weight excluding hydrogens is 230 g/mol. The number of ether oxygens (including phenoxy) is 1. The van der Waals surface area contributed by atoms with Crippen molar-refractivity contribution in [3.63, 3.8) is 0 Å². The summed E-state index contributed by atoms with van der Waals surface area (Å²) >= 11 is 6.00. The van der Waals surface area contributed by atoms with Gasteiger partial charge in [-0.15, -0.1) is 0 Å². The van der Waals surface area contributed by atoms with E-state index in [1.165, 1.54) is 12.1 Å². The highest BCUT2D eigenvalue weighted by Gasteiger charge is 2.09. The molecule has 1 rings (SSSR count). The van der Waals surface area contributed by atoms with Crippen LogP contribution in [0.25, 0.3) is 0 Å². The van der Waals surface area contributed by atoms with Crippen molar-refractivity contribution in [1.29, 1.82) is 0 Å². The second-order valence-electron chi connectivity index (χ2n) is 3.39. The molecule has 0 saturated carbocycles. The molecule has 0 aliphatic carbocycles. The van der Waals surface area contributed by atoms with Crippen LogP contribution >= 0.6 is 11.6 Å². The second kappa shape index (κ2) is 5.72. The first-order chi connectivity index (χ1) is 7.56. The quantitative estimate of drug-likeness (QED) is 0.861. The van der Waals surface area contributed by atoms with Crippen LogP contribution in [0.3, 0.4) is 0 Å². The normalized spacial score (nSPS) is 10.2. The number of nitrogens with zero attached hydrogens (tertiary/aromatic N) is 1. The van der Waals surface area contributed by atoms with Crippen molar-refractivity contribution in [2.24, 2.45) is 0 Å². The molecule has 16 heavy (non-hydrogen) atoms. The van der Waals surface area contributed by atoms with Gasteiger partial charge >= 0.3 is 5.97 Å². The lowest BCUT2D eigenvalue weighted by molar-refractivity contribution is 0.0697. The van der Waals surface area contributed by atoms with E-state index in [9.17, 15) is 4.79 Å². The van der Waals surface area contributed by atoms with Crippen molar-refractivity contribution in [3.05, 3.63) is 28.8 Å². The van der Waals surface area contributed by atoms with Gasteiger partial charge in [0.15, 0.2) is 0 Å². The van der Waals surface area contributed by atoms with Crippen LogP contribution in [0.15, 0.2) is 18.2 Å². The molecule has 0 amide bonds. The van der Waals surface area contributed by atoms with Crippen LogP contribution in [0, 0.1) is 0 Å². The zero-order valence-corrected chi connectivity index (χ0v) is 9.99. The van der Waals surface area contributed by atoms with Crippen LogP contribution in [0.1, 0.15) is 10.4 Å². The predicted molar refractivity (Wildman–Crippen MR) is 63.6 cm³/mol. The lowest BCUT2D eigenvalue weighted by Crippen LogP contribution is -2.22. The van der Waals surface area contributed by atoms with Gasteiger partial charge in [0.05, 0.1) is 22.9 Å².